The molecule has 1 aliphatic rings. The molecule has 0 atom stereocenters. The van der Waals surface area contributed by atoms with Gasteiger partial charge in [-0.05, 0) is 53.6 Å². The molecule has 0 amide bonds. The fourth-order valence-corrected chi connectivity index (χ4v) is 2.75. The lowest BCUT2D eigenvalue weighted by molar-refractivity contribution is -0.0228. The largest absolute Gasteiger partial charge is 0.487 e. The van der Waals surface area contributed by atoms with Crippen molar-refractivity contribution in [1.82, 2.24) is 0 Å². The molecular weight excluding hydrogens is 317 g/mol. The Morgan fingerprint density at radius 3 is 2.38 bits per heavy atom. The summed E-state index contributed by atoms with van der Waals surface area (Å²) in [6, 6.07) is 9.37. The first-order valence-corrected chi connectivity index (χ1v) is 7.91. The summed E-state index contributed by atoms with van der Waals surface area (Å²) in [5.41, 5.74) is 3.01. The Morgan fingerprint density at radius 2 is 1.83 bits per heavy atom. The van der Waals surface area contributed by atoms with Gasteiger partial charge in [-0.25, -0.2) is 13.2 Å². The zero-order valence-corrected chi connectivity index (χ0v) is 13.4. The van der Waals surface area contributed by atoms with Gasteiger partial charge in [-0.2, -0.15) is 0 Å². The maximum absolute atomic E-state index is 13.2. The summed E-state index contributed by atoms with van der Waals surface area (Å²) in [4.78, 5) is 0. The van der Waals surface area contributed by atoms with Crippen LogP contribution in [-0.2, 0) is 6.61 Å². The molecule has 2 aromatic carbocycles. The molecule has 1 fully saturated rings. The van der Waals surface area contributed by atoms with E-state index in [-0.39, 0.29) is 12.4 Å². The second-order valence-corrected chi connectivity index (χ2v) is 6.36. The fraction of sp³-hybridized carbons (Fsp3) is 0.368. The lowest BCUT2D eigenvalue weighted by atomic mass is 9.93. The minimum Gasteiger partial charge on any atom is -0.487 e. The number of hydrogen-bond acceptors (Lipinski definition) is 2. The summed E-state index contributed by atoms with van der Waals surface area (Å²) in [6.07, 6.45) is 2.01. The predicted molar refractivity (Wildman–Crippen MR) is 85.8 cm³/mol. The minimum atomic E-state index is -2.96. The van der Waals surface area contributed by atoms with Crippen molar-refractivity contribution in [3.63, 3.8) is 0 Å². The van der Waals surface area contributed by atoms with E-state index in [1.54, 1.807) is 18.2 Å². The summed E-state index contributed by atoms with van der Waals surface area (Å²) in [5.74, 6) is -2.70. The lowest BCUT2D eigenvalue weighted by Crippen LogP contribution is -2.21. The van der Waals surface area contributed by atoms with Gasteiger partial charge in [-0.3, -0.25) is 0 Å². The summed E-state index contributed by atoms with van der Waals surface area (Å²) in [6.45, 7) is -0.148. The van der Waals surface area contributed by atoms with Gasteiger partial charge in [0.2, 0.25) is 0 Å². The fourth-order valence-electron chi connectivity index (χ4n) is 2.75. The molecule has 0 bridgehead atoms. The molecule has 0 heterocycles. The number of benzene rings is 2. The average Bonchev–Trinajstić information content (AvgIpc) is 3.37. The third-order valence-corrected chi connectivity index (χ3v) is 4.01. The van der Waals surface area contributed by atoms with Gasteiger partial charge in [0.05, 0.1) is 6.61 Å². The number of hydrogen-bond donors (Lipinski definition) is 1. The maximum Gasteiger partial charge on any atom is 0.278 e. The average molecular weight is 336 g/mol. The van der Waals surface area contributed by atoms with Crippen LogP contribution in [-0.4, -0.2) is 17.6 Å². The molecule has 0 aromatic heterocycles. The van der Waals surface area contributed by atoms with Gasteiger partial charge >= 0.3 is 0 Å². The van der Waals surface area contributed by atoms with E-state index in [9.17, 15) is 18.3 Å². The zero-order valence-electron chi connectivity index (χ0n) is 13.4. The Labute approximate surface area is 138 Å². The van der Waals surface area contributed by atoms with E-state index < -0.39 is 12.5 Å². The molecule has 0 spiro atoms. The van der Waals surface area contributed by atoms with Crippen LogP contribution in [0.25, 0.3) is 11.1 Å². The van der Waals surface area contributed by atoms with Crippen LogP contribution in [0.3, 0.4) is 0 Å². The third-order valence-electron chi connectivity index (χ3n) is 4.01. The highest BCUT2D eigenvalue weighted by Gasteiger charge is 2.30. The summed E-state index contributed by atoms with van der Waals surface area (Å²) in [7, 11) is 0. The van der Waals surface area contributed by atoms with Gasteiger partial charge in [0.15, 0.2) is 6.61 Å². The smallest absolute Gasteiger partial charge is 0.278 e. The lowest BCUT2D eigenvalue weighted by Gasteiger charge is -2.19. The highest BCUT2D eigenvalue weighted by atomic mass is 19.3. The van der Waals surface area contributed by atoms with E-state index in [1.807, 2.05) is 6.07 Å². The van der Waals surface area contributed by atoms with Crippen molar-refractivity contribution in [2.45, 2.75) is 38.2 Å². The van der Waals surface area contributed by atoms with Crippen LogP contribution in [0, 0.1) is 5.82 Å². The van der Waals surface area contributed by atoms with Gasteiger partial charge in [0, 0.05) is 12.5 Å². The Morgan fingerprint density at radius 1 is 1.17 bits per heavy atom. The molecule has 0 radical (unpaired) electrons. The van der Waals surface area contributed by atoms with Gasteiger partial charge in [0.1, 0.15) is 11.6 Å². The molecule has 1 N–H and O–H groups in total. The number of alkyl halides is 2. The van der Waals surface area contributed by atoms with E-state index in [0.717, 1.165) is 30.9 Å². The molecule has 0 saturated heterocycles. The highest BCUT2D eigenvalue weighted by molar-refractivity contribution is 5.76. The molecule has 2 aromatic rings. The molecule has 1 aliphatic carbocycles. The Balaban J connectivity index is 2.09. The van der Waals surface area contributed by atoms with E-state index >= 15 is 0 Å². The van der Waals surface area contributed by atoms with E-state index in [0.29, 0.717) is 22.8 Å². The van der Waals surface area contributed by atoms with Crippen LogP contribution in [0.2, 0.25) is 0 Å². The van der Waals surface area contributed by atoms with Crippen LogP contribution >= 0.6 is 0 Å². The summed E-state index contributed by atoms with van der Waals surface area (Å²) < 4.78 is 45.1. The quantitative estimate of drug-likeness (QED) is 0.813. The Hall–Kier alpha value is -2.01. The number of aliphatic hydroxyl groups excluding tert-OH is 1. The number of rotatable bonds is 6. The van der Waals surface area contributed by atoms with Crippen molar-refractivity contribution < 1.29 is 23.0 Å². The first-order valence-electron chi connectivity index (χ1n) is 7.91. The summed E-state index contributed by atoms with van der Waals surface area (Å²) >= 11 is 0. The number of halogens is 3. The standard InChI is InChI=1S/C19H19F3O2/c1-19(21,22)11-24-17-9-12(10-23)8-16(13-2-3-13)18(17)14-4-6-15(20)7-5-14/h4-9,13,23H,2-3,10-11H2,1H3. The Bertz CT molecular complexity index is 717. The minimum absolute atomic E-state index is 0.192. The van der Waals surface area contributed by atoms with Crippen molar-refractivity contribution in [1.29, 1.82) is 0 Å². The number of ether oxygens (including phenoxy) is 1. The molecule has 1 saturated carbocycles. The monoisotopic (exact) mass is 336 g/mol. The molecule has 2 nitrogen and oxygen atoms in total. The summed E-state index contributed by atoms with van der Waals surface area (Å²) in [5, 5.41) is 9.46. The number of aliphatic hydroxyl groups is 1. The van der Waals surface area contributed by atoms with Gasteiger partial charge in [-0.15, -0.1) is 0 Å². The van der Waals surface area contributed by atoms with Gasteiger partial charge in [-0.1, -0.05) is 18.2 Å². The normalized spacial score (nSPS) is 14.7. The molecule has 0 aliphatic heterocycles. The first kappa shape index (κ1) is 16.8. The maximum atomic E-state index is 13.2. The second kappa shape index (κ2) is 6.48. The van der Waals surface area contributed by atoms with E-state index in [2.05, 4.69) is 0 Å². The van der Waals surface area contributed by atoms with Crippen molar-refractivity contribution in [3.05, 3.63) is 53.3 Å². The van der Waals surface area contributed by atoms with Crippen LogP contribution in [0.4, 0.5) is 13.2 Å². The topological polar surface area (TPSA) is 29.5 Å². The third kappa shape index (κ3) is 3.90. The predicted octanol–water partition coefficient (Wildman–Crippen LogP) is 4.90. The molecule has 5 heteroatoms. The molecule has 0 unspecified atom stereocenters. The SMILES string of the molecule is CC(F)(F)COc1cc(CO)cc(C2CC2)c1-c1ccc(F)cc1. The molecule has 24 heavy (non-hydrogen) atoms. The van der Waals surface area contributed by atoms with Crippen molar-refractivity contribution in [3.8, 4) is 16.9 Å². The van der Waals surface area contributed by atoms with Crippen molar-refractivity contribution in [2.75, 3.05) is 6.61 Å². The van der Waals surface area contributed by atoms with Gasteiger partial charge < -0.3 is 9.84 Å². The Kier molecular flexibility index (Phi) is 4.54. The zero-order chi connectivity index (χ0) is 17.3. The molecular formula is C19H19F3O2. The first-order chi connectivity index (χ1) is 11.4. The van der Waals surface area contributed by atoms with Crippen LogP contribution < -0.4 is 4.74 Å². The van der Waals surface area contributed by atoms with Crippen molar-refractivity contribution >= 4 is 0 Å². The van der Waals surface area contributed by atoms with Crippen LogP contribution in [0.1, 0.15) is 36.8 Å². The van der Waals surface area contributed by atoms with Crippen LogP contribution in [0.5, 0.6) is 5.75 Å². The van der Waals surface area contributed by atoms with Crippen LogP contribution in [0.15, 0.2) is 36.4 Å². The molecule has 128 valence electrons. The molecule has 3 rings (SSSR count). The van der Waals surface area contributed by atoms with E-state index in [1.165, 1.54) is 12.1 Å². The second-order valence-electron chi connectivity index (χ2n) is 6.36. The van der Waals surface area contributed by atoms with Crippen molar-refractivity contribution in [2.24, 2.45) is 0 Å². The highest BCUT2D eigenvalue weighted by Crippen LogP contribution is 2.48. The van der Waals surface area contributed by atoms with Gasteiger partial charge in [0.25, 0.3) is 5.92 Å². The van der Waals surface area contributed by atoms with E-state index in [4.69, 9.17) is 4.74 Å².